The minimum atomic E-state index is 0. The predicted octanol–water partition coefficient (Wildman–Crippen LogP) is 0.746. The Hall–Kier alpha value is 0.0300. The summed E-state index contributed by atoms with van der Waals surface area (Å²) in [5, 5.41) is 0.112. The first-order valence-corrected chi connectivity index (χ1v) is 9.55. The van der Waals surface area contributed by atoms with Crippen LogP contribution >= 0.6 is 24.2 Å². The van der Waals surface area contributed by atoms with Crippen molar-refractivity contribution < 1.29 is 33.2 Å². The lowest BCUT2D eigenvalue weighted by molar-refractivity contribution is -0.109. The average molecular weight is 420 g/mol. The fourth-order valence-electron chi connectivity index (χ4n) is 1.53. The first kappa shape index (κ1) is 28.2. The van der Waals surface area contributed by atoms with Gasteiger partial charge in [0, 0.05) is 19.2 Å². The van der Waals surface area contributed by atoms with Crippen molar-refractivity contribution in [3.63, 3.8) is 0 Å². The third-order valence-electron chi connectivity index (χ3n) is 2.66. The van der Waals surface area contributed by atoms with Gasteiger partial charge < -0.3 is 34.2 Å². The van der Waals surface area contributed by atoms with E-state index in [4.69, 9.17) is 34.2 Å². The lowest BCUT2D eigenvalue weighted by Gasteiger charge is -2.08. The van der Waals surface area contributed by atoms with E-state index in [-0.39, 0.29) is 17.5 Å². The van der Waals surface area contributed by atoms with Gasteiger partial charge >= 0.3 is 0 Å². The number of hydrogen-bond donors (Lipinski definition) is 1. The Morgan fingerprint density at radius 2 is 0.962 bits per heavy atom. The number of halogens is 1. The van der Waals surface area contributed by atoms with Gasteiger partial charge in [0.05, 0.1) is 79.3 Å². The van der Waals surface area contributed by atoms with Gasteiger partial charge in [-0.2, -0.15) is 0 Å². The average Bonchev–Trinajstić information content (AvgIpc) is 2.60. The second-order valence-electron chi connectivity index (χ2n) is 4.80. The maximum Gasteiger partial charge on any atom is 0.185 e. The van der Waals surface area contributed by atoms with Crippen LogP contribution < -0.4 is 5.73 Å². The second kappa shape index (κ2) is 25.0. The van der Waals surface area contributed by atoms with Crippen molar-refractivity contribution in [2.45, 2.75) is 6.92 Å². The Kier molecular flexibility index (Phi) is 27.2. The third-order valence-corrected chi connectivity index (χ3v) is 3.43. The molecule has 26 heavy (non-hydrogen) atoms. The molecule has 0 saturated heterocycles. The highest BCUT2D eigenvalue weighted by molar-refractivity contribution is 8.13. The smallest absolute Gasteiger partial charge is 0.185 e. The summed E-state index contributed by atoms with van der Waals surface area (Å²) in [5.74, 6) is 0.686. The van der Waals surface area contributed by atoms with Crippen LogP contribution in [0, 0.1) is 0 Å². The third kappa shape index (κ3) is 26.3. The molecule has 0 radical (unpaired) electrons. The number of hydrogen-bond acceptors (Lipinski definition) is 9. The molecule has 0 saturated carbocycles. The van der Waals surface area contributed by atoms with E-state index in [9.17, 15) is 4.79 Å². The van der Waals surface area contributed by atoms with Gasteiger partial charge in [0.2, 0.25) is 0 Å². The van der Waals surface area contributed by atoms with Crippen molar-refractivity contribution in [2.75, 3.05) is 91.6 Å². The van der Waals surface area contributed by atoms with Crippen molar-refractivity contribution in [2.24, 2.45) is 5.73 Å². The Balaban J connectivity index is 0. The summed E-state index contributed by atoms with van der Waals surface area (Å²) < 4.78 is 31.9. The summed E-state index contributed by atoms with van der Waals surface area (Å²) >= 11 is 1.27. The largest absolute Gasteiger partial charge is 0.378 e. The zero-order chi connectivity index (χ0) is 18.4. The van der Waals surface area contributed by atoms with Crippen molar-refractivity contribution >= 4 is 29.3 Å². The molecule has 10 heteroatoms. The molecular formula is C16H34ClNO7S. The number of carbonyl (C=O) groups excluding carboxylic acids is 1. The van der Waals surface area contributed by atoms with Gasteiger partial charge in [-0.25, -0.2) is 0 Å². The molecule has 0 aromatic carbocycles. The number of ether oxygens (including phenoxy) is 6. The highest BCUT2D eigenvalue weighted by atomic mass is 35.5. The van der Waals surface area contributed by atoms with Crippen LogP contribution in [0.5, 0.6) is 0 Å². The number of rotatable bonds is 20. The second-order valence-corrected chi connectivity index (χ2v) is 6.07. The molecule has 0 atom stereocenters. The van der Waals surface area contributed by atoms with Crippen LogP contribution in [-0.4, -0.2) is 96.7 Å². The molecule has 0 heterocycles. The van der Waals surface area contributed by atoms with E-state index < -0.39 is 0 Å². The molecule has 0 bridgehead atoms. The zero-order valence-electron chi connectivity index (χ0n) is 15.7. The highest BCUT2D eigenvalue weighted by Crippen LogP contribution is 1.99. The summed E-state index contributed by atoms with van der Waals surface area (Å²) in [6, 6.07) is 0. The Morgan fingerprint density at radius 1 is 0.654 bits per heavy atom. The number of nitrogens with two attached hydrogens (primary N) is 1. The summed E-state index contributed by atoms with van der Waals surface area (Å²) in [6.07, 6.45) is 0. The number of thioether (sulfide) groups is 1. The van der Waals surface area contributed by atoms with Gasteiger partial charge in [0.25, 0.3) is 0 Å². The van der Waals surface area contributed by atoms with Crippen molar-refractivity contribution in [1.29, 1.82) is 0 Å². The Labute approximate surface area is 167 Å². The maximum absolute atomic E-state index is 10.7. The van der Waals surface area contributed by atoms with E-state index in [1.54, 1.807) is 6.92 Å². The normalized spacial score (nSPS) is 10.7. The minimum Gasteiger partial charge on any atom is -0.378 e. The molecule has 158 valence electrons. The topological polar surface area (TPSA) is 98.5 Å². The van der Waals surface area contributed by atoms with Crippen LogP contribution in [0.25, 0.3) is 0 Å². The molecule has 8 nitrogen and oxygen atoms in total. The molecule has 2 N–H and O–H groups in total. The SMILES string of the molecule is CC(=O)SCCOCCOCCOCCOCCOCCOCCN.Cl. The fraction of sp³-hybridized carbons (Fsp3) is 0.938. The van der Waals surface area contributed by atoms with Crippen LogP contribution in [0.15, 0.2) is 0 Å². The van der Waals surface area contributed by atoms with Crippen LogP contribution in [0.1, 0.15) is 6.92 Å². The summed E-state index contributed by atoms with van der Waals surface area (Å²) in [4.78, 5) is 10.7. The highest BCUT2D eigenvalue weighted by Gasteiger charge is 1.95. The van der Waals surface area contributed by atoms with E-state index in [0.29, 0.717) is 91.6 Å². The lowest BCUT2D eigenvalue weighted by atomic mass is 10.6. The Bertz CT molecular complexity index is 291. The summed E-state index contributed by atoms with van der Waals surface area (Å²) in [6.45, 7) is 8.56. The van der Waals surface area contributed by atoms with Gasteiger partial charge in [-0.1, -0.05) is 11.8 Å². The molecular weight excluding hydrogens is 386 g/mol. The predicted molar refractivity (Wildman–Crippen MR) is 104 cm³/mol. The molecule has 0 aromatic rings. The molecule has 0 unspecified atom stereocenters. The maximum atomic E-state index is 10.7. The lowest BCUT2D eigenvalue weighted by Crippen LogP contribution is -2.15. The summed E-state index contributed by atoms with van der Waals surface area (Å²) in [5.41, 5.74) is 5.29. The Morgan fingerprint density at radius 3 is 1.27 bits per heavy atom. The quantitative estimate of drug-likeness (QED) is 0.286. The molecule has 0 spiro atoms. The standard InChI is InChI=1S/C16H33NO7S.ClH/c1-16(18)25-15-14-24-13-12-23-11-10-22-9-8-21-7-6-20-5-4-19-3-2-17;/h2-15,17H2,1H3;1H. The first-order chi connectivity index (χ1) is 12.3. The summed E-state index contributed by atoms with van der Waals surface area (Å²) in [7, 11) is 0. The molecule has 0 aliphatic rings. The number of carbonyl (C=O) groups is 1. The molecule has 0 aromatic heterocycles. The minimum absolute atomic E-state index is 0. The molecule has 0 fully saturated rings. The van der Waals surface area contributed by atoms with Gasteiger partial charge in [0.1, 0.15) is 0 Å². The van der Waals surface area contributed by atoms with Gasteiger partial charge in [0.15, 0.2) is 5.12 Å². The van der Waals surface area contributed by atoms with Crippen LogP contribution in [-0.2, 0) is 33.2 Å². The van der Waals surface area contributed by atoms with E-state index in [1.807, 2.05) is 0 Å². The van der Waals surface area contributed by atoms with E-state index in [0.717, 1.165) is 0 Å². The zero-order valence-corrected chi connectivity index (χ0v) is 17.3. The molecule has 0 aliphatic carbocycles. The van der Waals surface area contributed by atoms with E-state index in [2.05, 4.69) is 0 Å². The van der Waals surface area contributed by atoms with Gasteiger partial charge in [-0.3, -0.25) is 4.79 Å². The van der Waals surface area contributed by atoms with Crippen LogP contribution in [0.2, 0.25) is 0 Å². The van der Waals surface area contributed by atoms with Crippen LogP contribution in [0.3, 0.4) is 0 Å². The van der Waals surface area contributed by atoms with E-state index in [1.165, 1.54) is 11.8 Å². The van der Waals surface area contributed by atoms with Crippen molar-refractivity contribution in [3.05, 3.63) is 0 Å². The van der Waals surface area contributed by atoms with Gasteiger partial charge in [-0.15, -0.1) is 12.4 Å². The molecule has 0 amide bonds. The fourth-order valence-corrected chi connectivity index (χ4v) is 2.02. The van der Waals surface area contributed by atoms with Gasteiger partial charge in [-0.05, 0) is 0 Å². The van der Waals surface area contributed by atoms with E-state index >= 15 is 0 Å². The van der Waals surface area contributed by atoms with Crippen LogP contribution in [0.4, 0.5) is 0 Å². The van der Waals surface area contributed by atoms with Crippen molar-refractivity contribution in [3.8, 4) is 0 Å². The first-order valence-electron chi connectivity index (χ1n) is 8.57. The molecule has 0 rings (SSSR count). The molecule has 0 aliphatic heterocycles. The monoisotopic (exact) mass is 419 g/mol. The van der Waals surface area contributed by atoms with Crippen molar-refractivity contribution in [1.82, 2.24) is 0 Å².